The molecule has 0 radical (unpaired) electrons. The molecule has 0 bridgehead atoms. The van der Waals surface area contributed by atoms with Crippen LogP contribution in [0.15, 0.2) is 0 Å². The van der Waals surface area contributed by atoms with Gasteiger partial charge in [-0.05, 0) is 24.1 Å². The fourth-order valence-electron chi connectivity index (χ4n) is 2.50. The summed E-state index contributed by atoms with van der Waals surface area (Å²) in [7, 11) is 4.08. The van der Waals surface area contributed by atoms with Gasteiger partial charge in [-0.2, -0.15) is 0 Å². The monoisotopic (exact) mass is 262 g/mol. The zero-order valence-corrected chi connectivity index (χ0v) is 13.3. The van der Waals surface area contributed by atoms with Gasteiger partial charge in [0.1, 0.15) is 0 Å². The molecule has 0 aliphatic rings. The van der Waals surface area contributed by atoms with Crippen LogP contribution in [0.1, 0.15) is 13.8 Å². The van der Waals surface area contributed by atoms with E-state index >= 15 is 0 Å². The highest BCUT2D eigenvalue weighted by Gasteiger charge is 2.32. The summed E-state index contributed by atoms with van der Waals surface area (Å²) in [6.07, 6.45) is 0. The van der Waals surface area contributed by atoms with E-state index in [1.165, 1.54) is 24.2 Å². The lowest BCUT2D eigenvalue weighted by Crippen LogP contribution is -2.39. The van der Waals surface area contributed by atoms with Crippen molar-refractivity contribution in [3.63, 3.8) is 0 Å². The number of rotatable bonds is 11. The Morgan fingerprint density at radius 1 is 0.765 bits per heavy atom. The smallest absolute Gasteiger partial charge is 0.0606 e. The first-order valence-electron chi connectivity index (χ1n) is 6.57. The maximum absolute atomic E-state index is 5.29. The number of hydrogen-bond acceptors (Lipinski definition) is 3. The molecule has 4 heteroatoms. The van der Waals surface area contributed by atoms with Crippen molar-refractivity contribution in [1.82, 2.24) is 0 Å². The molecule has 0 saturated carbocycles. The van der Waals surface area contributed by atoms with Crippen molar-refractivity contribution in [2.75, 3.05) is 41.2 Å². The lowest BCUT2D eigenvalue weighted by atomic mass is 10.3. The van der Waals surface area contributed by atoms with Crippen LogP contribution < -0.4 is 0 Å². The molecule has 0 aromatic rings. The largest absolute Gasteiger partial charge is 0.385 e. The third kappa shape index (κ3) is 7.92. The van der Waals surface area contributed by atoms with Crippen molar-refractivity contribution in [2.24, 2.45) is 5.92 Å². The molecule has 17 heavy (non-hydrogen) atoms. The van der Waals surface area contributed by atoms with E-state index in [4.69, 9.17) is 14.2 Å². The van der Waals surface area contributed by atoms with E-state index in [0.717, 1.165) is 25.7 Å². The van der Waals surface area contributed by atoms with Crippen LogP contribution in [0.4, 0.5) is 0 Å². The van der Waals surface area contributed by atoms with Crippen molar-refractivity contribution in [3.05, 3.63) is 0 Å². The summed E-state index contributed by atoms with van der Waals surface area (Å²) < 4.78 is 15.9. The van der Waals surface area contributed by atoms with E-state index in [-0.39, 0.29) is 0 Å². The van der Waals surface area contributed by atoms with Gasteiger partial charge in [0, 0.05) is 41.2 Å². The minimum atomic E-state index is -1.30. The fraction of sp³-hybridized carbons (Fsp3) is 1.00. The van der Waals surface area contributed by atoms with Crippen LogP contribution in [-0.4, -0.2) is 49.2 Å². The first kappa shape index (κ1) is 17.1. The molecule has 0 rings (SSSR count). The van der Waals surface area contributed by atoms with E-state index in [0.29, 0.717) is 0 Å². The van der Waals surface area contributed by atoms with Crippen LogP contribution in [0.3, 0.4) is 0 Å². The van der Waals surface area contributed by atoms with Gasteiger partial charge in [0.2, 0.25) is 0 Å². The minimum absolute atomic E-state index is 0.757. The Balaban J connectivity index is 4.51. The first-order chi connectivity index (χ1) is 8.10. The molecule has 104 valence electrons. The third-order valence-electron chi connectivity index (χ3n) is 3.35. The van der Waals surface area contributed by atoms with Gasteiger partial charge < -0.3 is 14.2 Å². The van der Waals surface area contributed by atoms with Crippen molar-refractivity contribution in [2.45, 2.75) is 38.0 Å². The molecule has 0 saturated heterocycles. The lowest BCUT2D eigenvalue weighted by molar-refractivity contribution is 0.200. The van der Waals surface area contributed by atoms with Crippen LogP contribution in [0.5, 0.6) is 0 Å². The predicted octanol–water partition coefficient (Wildman–Crippen LogP) is 3.03. The van der Waals surface area contributed by atoms with Crippen LogP contribution in [0.2, 0.25) is 24.2 Å². The second-order valence-corrected chi connectivity index (χ2v) is 10.2. The van der Waals surface area contributed by atoms with E-state index in [1.807, 2.05) is 0 Å². The Morgan fingerprint density at radius 3 is 1.35 bits per heavy atom. The zero-order chi connectivity index (χ0) is 13.1. The number of methoxy groups -OCH3 is 3. The first-order valence-corrected chi connectivity index (χ1v) is 9.40. The fourth-order valence-corrected chi connectivity index (χ4v) is 7.51. The summed E-state index contributed by atoms with van der Waals surface area (Å²) in [5, 5.41) is 0. The Kier molecular flexibility index (Phi) is 10.1. The van der Waals surface area contributed by atoms with Gasteiger partial charge in [-0.3, -0.25) is 0 Å². The molecule has 0 spiro atoms. The van der Waals surface area contributed by atoms with Crippen molar-refractivity contribution in [1.29, 1.82) is 0 Å². The molecule has 0 N–H and O–H groups in total. The minimum Gasteiger partial charge on any atom is -0.385 e. The van der Waals surface area contributed by atoms with E-state index < -0.39 is 8.07 Å². The van der Waals surface area contributed by atoms with Crippen molar-refractivity contribution >= 4 is 8.07 Å². The topological polar surface area (TPSA) is 27.7 Å². The molecule has 0 fully saturated rings. The van der Waals surface area contributed by atoms with Gasteiger partial charge in [0.05, 0.1) is 8.07 Å². The maximum atomic E-state index is 5.29. The second-order valence-electron chi connectivity index (χ2n) is 5.33. The van der Waals surface area contributed by atoms with Crippen LogP contribution in [0.25, 0.3) is 0 Å². The van der Waals surface area contributed by atoms with Gasteiger partial charge in [-0.25, -0.2) is 0 Å². The molecule has 0 heterocycles. The highest BCUT2D eigenvalue weighted by molar-refractivity contribution is 6.80. The van der Waals surface area contributed by atoms with Crippen LogP contribution in [0, 0.1) is 5.92 Å². The average molecular weight is 262 g/mol. The van der Waals surface area contributed by atoms with Gasteiger partial charge in [-0.1, -0.05) is 19.9 Å². The average Bonchev–Trinajstić information content (AvgIpc) is 2.30. The van der Waals surface area contributed by atoms with Gasteiger partial charge in [0.15, 0.2) is 0 Å². The maximum Gasteiger partial charge on any atom is 0.0606 e. The molecule has 0 amide bonds. The molecule has 0 unspecified atom stereocenters. The zero-order valence-electron chi connectivity index (χ0n) is 12.3. The quantitative estimate of drug-likeness (QED) is 0.536. The van der Waals surface area contributed by atoms with E-state index in [9.17, 15) is 0 Å². The summed E-state index contributed by atoms with van der Waals surface area (Å²) in [4.78, 5) is 0. The predicted molar refractivity (Wildman–Crippen MR) is 75.4 cm³/mol. The van der Waals surface area contributed by atoms with E-state index in [1.54, 1.807) is 21.3 Å². The highest BCUT2D eigenvalue weighted by atomic mass is 28.3. The van der Waals surface area contributed by atoms with Gasteiger partial charge >= 0.3 is 0 Å². The number of ether oxygens (including phenoxy) is 3. The Morgan fingerprint density at radius 2 is 1.12 bits per heavy atom. The standard InChI is InChI=1S/C13H30O3Si/c1-13(2)12-17(9-6-14-3,10-7-15-4)11-8-16-5/h13H,6-12H2,1-5H3. The summed E-state index contributed by atoms with van der Waals surface area (Å²) >= 11 is 0. The molecule has 3 nitrogen and oxygen atoms in total. The Hall–Kier alpha value is 0.0969. The third-order valence-corrected chi connectivity index (χ3v) is 8.83. The molecule has 0 atom stereocenters. The normalized spacial score (nSPS) is 12.4. The van der Waals surface area contributed by atoms with Gasteiger partial charge in [-0.15, -0.1) is 0 Å². The van der Waals surface area contributed by atoms with Crippen LogP contribution >= 0.6 is 0 Å². The molecule has 0 aliphatic carbocycles. The SMILES string of the molecule is COCC[Si](CCOC)(CCOC)CC(C)C. The molecule has 0 aliphatic heterocycles. The molecule has 0 aromatic heterocycles. The molecular weight excluding hydrogens is 232 g/mol. The molecular formula is C13H30O3Si. The highest BCUT2D eigenvalue weighted by Crippen LogP contribution is 2.29. The second kappa shape index (κ2) is 10.1. The molecule has 0 aromatic carbocycles. The lowest BCUT2D eigenvalue weighted by Gasteiger charge is -2.33. The summed E-state index contributed by atoms with van der Waals surface area (Å²) in [6, 6.07) is 5.04. The van der Waals surface area contributed by atoms with Gasteiger partial charge in [0.25, 0.3) is 0 Å². The Bertz CT molecular complexity index is 152. The summed E-state index contributed by atoms with van der Waals surface area (Å²) in [5.41, 5.74) is 0. The Labute approximate surface area is 108 Å². The summed E-state index contributed by atoms with van der Waals surface area (Å²) in [5.74, 6) is 0.757. The van der Waals surface area contributed by atoms with Crippen molar-refractivity contribution in [3.8, 4) is 0 Å². The number of hydrogen-bond donors (Lipinski definition) is 0. The van der Waals surface area contributed by atoms with E-state index in [2.05, 4.69) is 13.8 Å². The van der Waals surface area contributed by atoms with Crippen LogP contribution in [-0.2, 0) is 14.2 Å². The summed E-state index contributed by atoms with van der Waals surface area (Å²) in [6.45, 7) is 7.27. The van der Waals surface area contributed by atoms with Crippen molar-refractivity contribution < 1.29 is 14.2 Å².